The lowest BCUT2D eigenvalue weighted by Crippen LogP contribution is -2.32. The minimum absolute atomic E-state index is 0.0648. The van der Waals surface area contributed by atoms with E-state index in [2.05, 4.69) is 11.4 Å². The van der Waals surface area contributed by atoms with Crippen molar-refractivity contribution in [2.24, 2.45) is 5.92 Å². The number of amides is 1. The lowest BCUT2D eigenvalue weighted by Gasteiger charge is -2.27. The van der Waals surface area contributed by atoms with Gasteiger partial charge in [0, 0.05) is 36.8 Å². The topological polar surface area (TPSA) is 65.4 Å². The van der Waals surface area contributed by atoms with Crippen LogP contribution in [0.2, 0.25) is 0 Å². The molecule has 0 spiro atoms. The first kappa shape index (κ1) is 16.6. The molecule has 1 heterocycles. The average molecular weight is 327 g/mol. The van der Waals surface area contributed by atoms with Gasteiger partial charge in [0.15, 0.2) is 6.61 Å². The zero-order valence-corrected chi connectivity index (χ0v) is 14.0. The summed E-state index contributed by atoms with van der Waals surface area (Å²) in [6, 6.07) is 10.5. The Morgan fingerprint density at radius 3 is 2.92 bits per heavy atom. The minimum Gasteiger partial charge on any atom is -0.484 e. The van der Waals surface area contributed by atoms with Crippen molar-refractivity contribution in [1.82, 2.24) is 4.90 Å². The van der Waals surface area contributed by atoms with Gasteiger partial charge in [-0.1, -0.05) is 12.5 Å². The van der Waals surface area contributed by atoms with E-state index in [1.807, 2.05) is 29.2 Å². The van der Waals surface area contributed by atoms with E-state index in [1.165, 1.54) is 0 Å². The fraction of sp³-hybridized carbons (Fsp3) is 0.579. The van der Waals surface area contributed by atoms with E-state index < -0.39 is 0 Å². The molecule has 1 N–H and O–H groups in total. The number of nitrogens with one attached hydrogen (secondary N) is 1. The van der Waals surface area contributed by atoms with Crippen LogP contribution in [-0.4, -0.2) is 36.5 Å². The van der Waals surface area contributed by atoms with E-state index >= 15 is 0 Å². The van der Waals surface area contributed by atoms with Crippen LogP contribution in [0.3, 0.4) is 0 Å². The van der Waals surface area contributed by atoms with E-state index in [1.54, 1.807) is 0 Å². The lowest BCUT2D eigenvalue weighted by atomic mass is 9.86. The van der Waals surface area contributed by atoms with Crippen LogP contribution >= 0.6 is 0 Å². The van der Waals surface area contributed by atoms with Gasteiger partial charge < -0.3 is 15.0 Å². The second-order valence-corrected chi connectivity index (χ2v) is 6.74. The molecule has 0 bridgehead atoms. The smallest absolute Gasteiger partial charge is 0.260 e. The van der Waals surface area contributed by atoms with Crippen LogP contribution in [0.15, 0.2) is 24.3 Å². The van der Waals surface area contributed by atoms with Crippen molar-refractivity contribution >= 4 is 11.6 Å². The molecular formula is C19H25N3O2. The number of anilines is 1. The van der Waals surface area contributed by atoms with Crippen molar-refractivity contribution in [2.75, 3.05) is 25.0 Å². The number of ether oxygens (including phenoxy) is 1. The molecule has 1 aliphatic carbocycles. The van der Waals surface area contributed by atoms with Gasteiger partial charge in [-0.15, -0.1) is 0 Å². The van der Waals surface area contributed by atoms with Crippen LogP contribution in [0, 0.1) is 17.2 Å². The summed E-state index contributed by atoms with van der Waals surface area (Å²) in [7, 11) is 0. The van der Waals surface area contributed by atoms with Crippen LogP contribution < -0.4 is 10.1 Å². The second-order valence-electron chi connectivity index (χ2n) is 6.74. The van der Waals surface area contributed by atoms with Crippen molar-refractivity contribution in [1.29, 1.82) is 5.26 Å². The monoisotopic (exact) mass is 327 g/mol. The maximum atomic E-state index is 12.0. The fourth-order valence-electron chi connectivity index (χ4n) is 3.55. The van der Waals surface area contributed by atoms with Crippen molar-refractivity contribution in [2.45, 2.75) is 44.6 Å². The van der Waals surface area contributed by atoms with Gasteiger partial charge in [-0.2, -0.15) is 5.26 Å². The first-order valence-electron chi connectivity index (χ1n) is 8.91. The molecule has 128 valence electrons. The van der Waals surface area contributed by atoms with Crippen LogP contribution in [0.1, 0.15) is 38.5 Å². The van der Waals surface area contributed by atoms with Crippen molar-refractivity contribution in [3.63, 3.8) is 0 Å². The molecule has 0 radical (unpaired) electrons. The van der Waals surface area contributed by atoms with Gasteiger partial charge in [-0.3, -0.25) is 4.79 Å². The Hall–Kier alpha value is -2.22. The highest BCUT2D eigenvalue weighted by Crippen LogP contribution is 2.27. The van der Waals surface area contributed by atoms with Gasteiger partial charge in [0.1, 0.15) is 5.75 Å². The van der Waals surface area contributed by atoms with Crippen LogP contribution in [0.25, 0.3) is 0 Å². The number of nitriles is 1. The highest BCUT2D eigenvalue weighted by atomic mass is 16.5. The molecule has 0 aromatic heterocycles. The van der Waals surface area contributed by atoms with E-state index in [-0.39, 0.29) is 18.4 Å². The molecule has 5 nitrogen and oxygen atoms in total. The van der Waals surface area contributed by atoms with Crippen molar-refractivity contribution < 1.29 is 9.53 Å². The molecule has 2 fully saturated rings. The van der Waals surface area contributed by atoms with Crippen LogP contribution in [0.4, 0.5) is 5.69 Å². The number of hydrogen-bond acceptors (Lipinski definition) is 4. The minimum atomic E-state index is 0.0648. The Labute approximate surface area is 143 Å². The summed E-state index contributed by atoms with van der Waals surface area (Å²) < 4.78 is 5.67. The van der Waals surface area contributed by atoms with E-state index in [9.17, 15) is 4.79 Å². The number of rotatable bonds is 5. The van der Waals surface area contributed by atoms with Gasteiger partial charge in [0.2, 0.25) is 0 Å². The molecule has 0 unspecified atom stereocenters. The highest BCUT2D eigenvalue weighted by Gasteiger charge is 2.22. The summed E-state index contributed by atoms with van der Waals surface area (Å²) in [6.07, 6.45) is 6.28. The Morgan fingerprint density at radius 1 is 1.29 bits per heavy atom. The molecule has 1 aromatic rings. The Balaban J connectivity index is 1.52. The molecule has 1 amide bonds. The van der Waals surface area contributed by atoms with Crippen molar-refractivity contribution in [3.8, 4) is 11.8 Å². The van der Waals surface area contributed by atoms with Gasteiger partial charge in [0.05, 0.1) is 6.07 Å². The Morgan fingerprint density at radius 2 is 2.12 bits per heavy atom. The first-order valence-corrected chi connectivity index (χ1v) is 8.91. The molecule has 1 saturated heterocycles. The summed E-state index contributed by atoms with van der Waals surface area (Å²) in [5.41, 5.74) is 0.990. The summed E-state index contributed by atoms with van der Waals surface area (Å²) in [4.78, 5) is 13.9. The summed E-state index contributed by atoms with van der Waals surface area (Å²) in [6.45, 7) is 1.81. The second kappa shape index (κ2) is 8.05. The normalized spacial score (nSPS) is 23.5. The highest BCUT2D eigenvalue weighted by molar-refractivity contribution is 5.78. The van der Waals surface area contributed by atoms with Crippen molar-refractivity contribution in [3.05, 3.63) is 24.3 Å². The third-order valence-corrected chi connectivity index (χ3v) is 4.88. The van der Waals surface area contributed by atoms with Gasteiger partial charge in [0.25, 0.3) is 5.91 Å². The van der Waals surface area contributed by atoms with E-state index in [0.717, 1.165) is 57.3 Å². The SMILES string of the molecule is N#C[C@@H]1CCC[C@H](Nc2cccc(OCC(=O)N3CCCC3)c2)C1. The van der Waals surface area contributed by atoms with Gasteiger partial charge in [-0.25, -0.2) is 0 Å². The Bertz CT molecular complexity index is 605. The average Bonchev–Trinajstić information content (AvgIpc) is 3.15. The van der Waals surface area contributed by atoms with Gasteiger partial charge >= 0.3 is 0 Å². The molecule has 2 atom stereocenters. The molecule has 1 aliphatic heterocycles. The molecule has 2 aliphatic rings. The fourth-order valence-corrected chi connectivity index (χ4v) is 3.55. The molecule has 3 rings (SSSR count). The quantitative estimate of drug-likeness (QED) is 0.902. The maximum absolute atomic E-state index is 12.0. The first-order chi connectivity index (χ1) is 11.7. The van der Waals surface area contributed by atoms with E-state index in [4.69, 9.17) is 10.00 Å². The zero-order valence-electron chi connectivity index (χ0n) is 14.0. The largest absolute Gasteiger partial charge is 0.484 e. The predicted octanol–water partition coefficient (Wildman–Crippen LogP) is 3.18. The van der Waals surface area contributed by atoms with Crippen LogP contribution in [0.5, 0.6) is 5.75 Å². The van der Waals surface area contributed by atoms with E-state index in [0.29, 0.717) is 11.8 Å². The molecular weight excluding hydrogens is 302 g/mol. The number of carbonyl (C=O) groups excluding carboxylic acids is 1. The van der Waals surface area contributed by atoms with Crippen LogP contribution in [-0.2, 0) is 4.79 Å². The maximum Gasteiger partial charge on any atom is 0.260 e. The standard InChI is InChI=1S/C19H25N3O2/c20-13-15-5-3-6-16(11-15)21-17-7-4-8-18(12-17)24-14-19(23)22-9-1-2-10-22/h4,7-8,12,15-16,21H,1-3,5-6,9-11,14H2/t15-,16+/m1/s1. The summed E-state index contributed by atoms with van der Waals surface area (Å²) in [5, 5.41) is 12.6. The number of likely N-dealkylation sites (tertiary alicyclic amines) is 1. The number of nitrogens with zero attached hydrogens (tertiary/aromatic N) is 2. The summed E-state index contributed by atoms with van der Waals surface area (Å²) in [5.74, 6) is 0.934. The molecule has 1 saturated carbocycles. The molecule has 5 heteroatoms. The molecule has 24 heavy (non-hydrogen) atoms. The number of carbonyl (C=O) groups is 1. The summed E-state index contributed by atoms with van der Waals surface area (Å²) >= 11 is 0. The number of benzene rings is 1. The predicted molar refractivity (Wildman–Crippen MR) is 92.7 cm³/mol. The van der Waals surface area contributed by atoms with Gasteiger partial charge in [-0.05, 0) is 44.2 Å². The Kier molecular flexibility index (Phi) is 5.58. The zero-order chi connectivity index (χ0) is 16.8. The third-order valence-electron chi connectivity index (χ3n) is 4.88. The molecule has 1 aromatic carbocycles. The lowest BCUT2D eigenvalue weighted by molar-refractivity contribution is -0.132. The number of hydrogen-bond donors (Lipinski definition) is 1. The third kappa shape index (κ3) is 4.41.